The van der Waals surface area contributed by atoms with Crippen molar-refractivity contribution in [2.75, 3.05) is 28.4 Å². The lowest BCUT2D eigenvalue weighted by atomic mass is 9.88. The minimum atomic E-state index is -0.161. The van der Waals surface area contributed by atoms with Crippen LogP contribution in [0.3, 0.4) is 0 Å². The van der Waals surface area contributed by atoms with Gasteiger partial charge in [0.2, 0.25) is 0 Å². The number of nitrogens with zero attached hydrogens (tertiary/aromatic N) is 1. The molecule has 0 N–H and O–H groups in total. The lowest BCUT2D eigenvalue weighted by Crippen LogP contribution is -2.13. The molecule has 0 bridgehead atoms. The van der Waals surface area contributed by atoms with E-state index in [9.17, 15) is 0 Å². The Kier molecular flexibility index (Phi) is 7.08. The molecule has 2 aromatic rings. The Morgan fingerprint density at radius 2 is 1.00 bits per heavy atom. The van der Waals surface area contributed by atoms with Gasteiger partial charge >= 0.3 is 0 Å². The molecule has 2 aromatic carbocycles. The van der Waals surface area contributed by atoms with Crippen LogP contribution in [-0.4, -0.2) is 39.7 Å². The van der Waals surface area contributed by atoms with Crippen LogP contribution in [0.25, 0.3) is 5.57 Å². The third-order valence-electron chi connectivity index (χ3n) is 4.98. The van der Waals surface area contributed by atoms with Crippen molar-refractivity contribution in [3.05, 3.63) is 77.4 Å². The molecule has 32 heavy (non-hydrogen) atoms. The van der Waals surface area contributed by atoms with Crippen molar-refractivity contribution >= 4 is 11.3 Å². The third kappa shape index (κ3) is 4.88. The highest BCUT2D eigenvalue weighted by Gasteiger charge is 2.25. The standard InChI is InChI=1S/C27H31NO4/c1-27(2,3)28-19-16-14-18(15-17-19)24(25-20(29-4)10-8-11-21(25)30-5)26-22(31-6)12-9-13-23(26)32-7/h8-17H,1-7H3. The molecule has 0 saturated heterocycles. The summed E-state index contributed by atoms with van der Waals surface area (Å²) in [5.74, 6) is 2.76. The maximum Gasteiger partial charge on any atom is 0.130 e. The van der Waals surface area contributed by atoms with Crippen molar-refractivity contribution in [3.8, 4) is 23.0 Å². The second-order valence-electron chi connectivity index (χ2n) is 8.28. The van der Waals surface area contributed by atoms with Crippen molar-refractivity contribution in [1.82, 2.24) is 0 Å². The summed E-state index contributed by atoms with van der Waals surface area (Å²) in [5.41, 5.74) is 4.24. The zero-order valence-corrected chi connectivity index (χ0v) is 19.9. The van der Waals surface area contributed by atoms with Gasteiger partial charge < -0.3 is 18.9 Å². The summed E-state index contributed by atoms with van der Waals surface area (Å²) in [6, 6.07) is 11.5. The first-order valence-corrected chi connectivity index (χ1v) is 10.5. The summed E-state index contributed by atoms with van der Waals surface area (Å²) in [6.45, 7) is 6.24. The average Bonchev–Trinajstić information content (AvgIpc) is 2.79. The number of hydrogen-bond donors (Lipinski definition) is 0. The molecule has 0 saturated carbocycles. The first kappa shape index (κ1) is 23.2. The molecule has 0 fully saturated rings. The van der Waals surface area contributed by atoms with Crippen LogP contribution in [0, 0.1) is 0 Å². The van der Waals surface area contributed by atoms with Gasteiger partial charge in [-0.2, -0.15) is 0 Å². The Morgan fingerprint density at radius 3 is 1.31 bits per heavy atom. The molecule has 0 atom stereocenters. The van der Waals surface area contributed by atoms with Crippen LogP contribution in [0.1, 0.15) is 31.9 Å². The van der Waals surface area contributed by atoms with Gasteiger partial charge in [0.05, 0.1) is 50.8 Å². The van der Waals surface area contributed by atoms with Crippen molar-refractivity contribution in [1.29, 1.82) is 0 Å². The molecular formula is C27H31NO4. The average molecular weight is 434 g/mol. The van der Waals surface area contributed by atoms with E-state index in [1.807, 2.05) is 48.6 Å². The van der Waals surface area contributed by atoms with Gasteiger partial charge in [-0.3, -0.25) is 4.99 Å². The Hall–Kier alpha value is -3.47. The molecule has 0 spiro atoms. The fourth-order valence-electron chi connectivity index (χ4n) is 3.70. The second-order valence-corrected chi connectivity index (χ2v) is 8.28. The van der Waals surface area contributed by atoms with E-state index < -0.39 is 0 Å². The molecular weight excluding hydrogens is 402 g/mol. The number of methoxy groups -OCH3 is 4. The Bertz CT molecular complexity index is 981. The van der Waals surface area contributed by atoms with Gasteiger partial charge in [-0.05, 0) is 62.8 Å². The van der Waals surface area contributed by atoms with E-state index >= 15 is 0 Å². The van der Waals surface area contributed by atoms with Crippen molar-refractivity contribution in [2.45, 2.75) is 26.3 Å². The van der Waals surface area contributed by atoms with Crippen LogP contribution in [-0.2, 0) is 0 Å². The monoisotopic (exact) mass is 433 g/mol. The predicted octanol–water partition coefficient (Wildman–Crippen LogP) is 5.89. The normalized spacial score (nSPS) is 13.1. The molecule has 0 radical (unpaired) electrons. The molecule has 168 valence electrons. The molecule has 0 unspecified atom stereocenters. The maximum atomic E-state index is 5.75. The van der Waals surface area contributed by atoms with Gasteiger partial charge in [-0.25, -0.2) is 0 Å². The zero-order chi connectivity index (χ0) is 23.3. The molecule has 0 heterocycles. The van der Waals surface area contributed by atoms with Crippen molar-refractivity contribution in [2.24, 2.45) is 4.99 Å². The van der Waals surface area contributed by atoms with Crippen LogP contribution >= 0.6 is 0 Å². The topological polar surface area (TPSA) is 49.3 Å². The van der Waals surface area contributed by atoms with E-state index in [-0.39, 0.29) is 5.54 Å². The van der Waals surface area contributed by atoms with E-state index in [2.05, 4.69) is 32.9 Å². The fourth-order valence-corrected chi connectivity index (χ4v) is 3.70. The highest BCUT2D eigenvalue weighted by Crippen LogP contribution is 2.46. The number of rotatable bonds is 6. The number of benzene rings is 2. The molecule has 0 aromatic heterocycles. The minimum Gasteiger partial charge on any atom is -0.496 e. The number of hydrogen-bond acceptors (Lipinski definition) is 5. The molecule has 1 aliphatic rings. The molecule has 3 rings (SSSR count). The summed E-state index contributed by atoms with van der Waals surface area (Å²) in [7, 11) is 6.61. The van der Waals surface area contributed by atoms with Gasteiger partial charge in [0.1, 0.15) is 23.0 Å². The lowest BCUT2D eigenvalue weighted by Gasteiger charge is -2.22. The summed E-state index contributed by atoms with van der Waals surface area (Å²) >= 11 is 0. The van der Waals surface area contributed by atoms with Crippen LogP contribution < -0.4 is 18.9 Å². The summed E-state index contributed by atoms with van der Waals surface area (Å²) < 4.78 is 23.0. The van der Waals surface area contributed by atoms with E-state index in [1.165, 1.54) is 0 Å². The molecule has 5 heteroatoms. The van der Waals surface area contributed by atoms with Gasteiger partial charge in [0, 0.05) is 5.57 Å². The van der Waals surface area contributed by atoms with E-state index in [0.717, 1.165) is 28.0 Å². The minimum absolute atomic E-state index is 0.161. The third-order valence-corrected chi connectivity index (χ3v) is 4.98. The summed E-state index contributed by atoms with van der Waals surface area (Å²) in [5, 5.41) is 0. The summed E-state index contributed by atoms with van der Waals surface area (Å²) in [4.78, 5) is 4.76. The maximum absolute atomic E-state index is 5.75. The van der Waals surface area contributed by atoms with Gasteiger partial charge in [0.25, 0.3) is 0 Å². The largest absolute Gasteiger partial charge is 0.496 e. The van der Waals surface area contributed by atoms with Crippen LogP contribution in [0.15, 0.2) is 71.3 Å². The first-order chi connectivity index (χ1) is 15.3. The second kappa shape index (κ2) is 9.77. The van der Waals surface area contributed by atoms with E-state index in [1.54, 1.807) is 28.4 Å². The fraction of sp³-hybridized carbons (Fsp3) is 0.296. The SMILES string of the molecule is COc1cccc(OC)c1C(=C1C=CC(=NC(C)(C)C)C=C1)c1c(OC)cccc1OC. The highest BCUT2D eigenvalue weighted by atomic mass is 16.5. The molecule has 1 aliphatic carbocycles. The van der Waals surface area contributed by atoms with Gasteiger partial charge in [-0.15, -0.1) is 0 Å². The Morgan fingerprint density at radius 1 is 0.625 bits per heavy atom. The van der Waals surface area contributed by atoms with E-state index in [0.29, 0.717) is 23.0 Å². The predicted molar refractivity (Wildman–Crippen MR) is 131 cm³/mol. The Balaban J connectivity index is 2.38. The molecule has 0 amide bonds. The van der Waals surface area contributed by atoms with Crippen molar-refractivity contribution < 1.29 is 18.9 Å². The number of allylic oxidation sites excluding steroid dienone is 5. The highest BCUT2D eigenvalue weighted by molar-refractivity contribution is 6.08. The zero-order valence-electron chi connectivity index (χ0n) is 19.9. The molecule has 5 nitrogen and oxygen atoms in total. The van der Waals surface area contributed by atoms with Crippen LogP contribution in [0.2, 0.25) is 0 Å². The first-order valence-electron chi connectivity index (χ1n) is 10.5. The van der Waals surface area contributed by atoms with Gasteiger partial charge in [0.15, 0.2) is 0 Å². The summed E-state index contributed by atoms with van der Waals surface area (Å²) in [6.07, 6.45) is 8.14. The molecule has 0 aliphatic heterocycles. The quantitative estimate of drug-likeness (QED) is 0.570. The van der Waals surface area contributed by atoms with E-state index in [4.69, 9.17) is 23.9 Å². The van der Waals surface area contributed by atoms with Crippen LogP contribution in [0.5, 0.6) is 23.0 Å². The lowest BCUT2D eigenvalue weighted by molar-refractivity contribution is 0.388. The number of ether oxygens (including phenoxy) is 4. The Labute approximate surface area is 190 Å². The number of aliphatic imine (C=N–C) groups is 1. The van der Waals surface area contributed by atoms with Gasteiger partial charge in [-0.1, -0.05) is 24.3 Å². The van der Waals surface area contributed by atoms with Crippen LogP contribution in [0.4, 0.5) is 0 Å². The van der Waals surface area contributed by atoms with Crippen molar-refractivity contribution in [3.63, 3.8) is 0 Å². The smallest absolute Gasteiger partial charge is 0.130 e.